The van der Waals surface area contributed by atoms with E-state index in [0.29, 0.717) is 12.3 Å². The van der Waals surface area contributed by atoms with Crippen molar-refractivity contribution in [2.45, 2.75) is 32.7 Å². The van der Waals surface area contributed by atoms with Crippen LogP contribution in [0.25, 0.3) is 0 Å². The molecule has 19 heavy (non-hydrogen) atoms. The SMILES string of the molecule is COC(=O)[C@H](CC(C)C)NC(=O)Cc1ccccc1. The fourth-order valence-corrected chi connectivity index (χ4v) is 1.85. The van der Waals surface area contributed by atoms with E-state index in [4.69, 9.17) is 4.74 Å². The number of rotatable bonds is 6. The van der Waals surface area contributed by atoms with Crippen LogP contribution in [0.15, 0.2) is 30.3 Å². The summed E-state index contributed by atoms with van der Waals surface area (Å²) in [6.07, 6.45) is 0.847. The zero-order valence-electron chi connectivity index (χ0n) is 11.7. The van der Waals surface area contributed by atoms with E-state index in [-0.39, 0.29) is 12.3 Å². The highest BCUT2D eigenvalue weighted by molar-refractivity contribution is 5.85. The maximum atomic E-state index is 11.9. The first kappa shape index (κ1) is 15.2. The lowest BCUT2D eigenvalue weighted by Gasteiger charge is -2.18. The van der Waals surface area contributed by atoms with Crippen molar-refractivity contribution in [3.8, 4) is 0 Å². The number of hydrogen-bond acceptors (Lipinski definition) is 3. The fourth-order valence-electron chi connectivity index (χ4n) is 1.85. The molecule has 1 rings (SSSR count). The van der Waals surface area contributed by atoms with Gasteiger partial charge in [-0.15, -0.1) is 0 Å². The van der Waals surface area contributed by atoms with Gasteiger partial charge in [-0.1, -0.05) is 44.2 Å². The Morgan fingerprint density at radius 2 is 1.84 bits per heavy atom. The second kappa shape index (κ2) is 7.56. The molecule has 0 unspecified atom stereocenters. The van der Waals surface area contributed by atoms with E-state index in [9.17, 15) is 9.59 Å². The lowest BCUT2D eigenvalue weighted by atomic mass is 10.0. The van der Waals surface area contributed by atoms with Gasteiger partial charge in [0.25, 0.3) is 0 Å². The summed E-state index contributed by atoms with van der Waals surface area (Å²) in [6.45, 7) is 4.00. The van der Waals surface area contributed by atoms with Crippen LogP contribution in [0.2, 0.25) is 0 Å². The highest BCUT2D eigenvalue weighted by Gasteiger charge is 2.22. The van der Waals surface area contributed by atoms with Gasteiger partial charge in [0.1, 0.15) is 6.04 Å². The molecule has 1 N–H and O–H groups in total. The number of nitrogens with one attached hydrogen (secondary N) is 1. The third kappa shape index (κ3) is 5.55. The van der Waals surface area contributed by atoms with Gasteiger partial charge in [0.2, 0.25) is 5.91 Å². The predicted octanol–water partition coefficient (Wildman–Crippen LogP) is 1.93. The average molecular weight is 263 g/mol. The number of carbonyl (C=O) groups is 2. The molecule has 0 bridgehead atoms. The quantitative estimate of drug-likeness (QED) is 0.798. The highest BCUT2D eigenvalue weighted by atomic mass is 16.5. The van der Waals surface area contributed by atoms with Crippen molar-refractivity contribution in [2.75, 3.05) is 7.11 Å². The van der Waals surface area contributed by atoms with Crippen LogP contribution < -0.4 is 5.32 Å². The number of ether oxygens (including phenoxy) is 1. The van der Waals surface area contributed by atoms with E-state index in [2.05, 4.69) is 5.32 Å². The minimum Gasteiger partial charge on any atom is -0.467 e. The summed E-state index contributed by atoms with van der Waals surface area (Å²) in [7, 11) is 1.33. The summed E-state index contributed by atoms with van der Waals surface area (Å²) >= 11 is 0. The topological polar surface area (TPSA) is 55.4 Å². The highest BCUT2D eigenvalue weighted by Crippen LogP contribution is 2.07. The van der Waals surface area contributed by atoms with Crippen LogP contribution in [0.5, 0.6) is 0 Å². The Morgan fingerprint density at radius 1 is 1.21 bits per heavy atom. The van der Waals surface area contributed by atoms with Gasteiger partial charge < -0.3 is 10.1 Å². The van der Waals surface area contributed by atoms with Crippen molar-refractivity contribution in [3.63, 3.8) is 0 Å². The summed E-state index contributed by atoms with van der Waals surface area (Å²) in [5.74, 6) is -0.251. The third-order valence-corrected chi connectivity index (χ3v) is 2.74. The Bertz CT molecular complexity index is 415. The molecule has 0 spiro atoms. The monoisotopic (exact) mass is 263 g/mol. The molecule has 1 aromatic rings. The van der Waals surface area contributed by atoms with Crippen molar-refractivity contribution in [3.05, 3.63) is 35.9 Å². The molecule has 0 radical (unpaired) electrons. The maximum absolute atomic E-state index is 11.9. The Kier molecular flexibility index (Phi) is 6.06. The molecule has 0 aliphatic heterocycles. The molecule has 0 aliphatic rings. The fraction of sp³-hybridized carbons (Fsp3) is 0.467. The van der Waals surface area contributed by atoms with Crippen molar-refractivity contribution in [1.82, 2.24) is 5.32 Å². The molecule has 4 nitrogen and oxygen atoms in total. The predicted molar refractivity (Wildman–Crippen MR) is 73.5 cm³/mol. The smallest absolute Gasteiger partial charge is 0.328 e. The van der Waals surface area contributed by atoms with E-state index < -0.39 is 12.0 Å². The lowest BCUT2D eigenvalue weighted by Crippen LogP contribution is -2.43. The number of amides is 1. The summed E-state index contributed by atoms with van der Waals surface area (Å²) in [4.78, 5) is 23.5. The first-order valence-corrected chi connectivity index (χ1v) is 6.44. The van der Waals surface area contributed by atoms with Crippen molar-refractivity contribution in [2.24, 2.45) is 5.92 Å². The number of esters is 1. The molecule has 0 saturated heterocycles. The minimum atomic E-state index is -0.568. The largest absolute Gasteiger partial charge is 0.467 e. The number of benzene rings is 1. The van der Waals surface area contributed by atoms with Crippen LogP contribution >= 0.6 is 0 Å². The molecule has 104 valence electrons. The first-order valence-electron chi connectivity index (χ1n) is 6.44. The Labute approximate surface area is 114 Å². The average Bonchev–Trinajstić information content (AvgIpc) is 2.37. The molecule has 0 heterocycles. The van der Waals surface area contributed by atoms with Crippen LogP contribution in [0.1, 0.15) is 25.8 Å². The molecule has 0 aliphatic carbocycles. The zero-order valence-corrected chi connectivity index (χ0v) is 11.7. The molecule has 4 heteroatoms. The van der Waals surface area contributed by atoms with Gasteiger partial charge in [-0.25, -0.2) is 4.79 Å². The van der Waals surface area contributed by atoms with E-state index in [1.807, 2.05) is 44.2 Å². The molecular formula is C15H21NO3. The van der Waals surface area contributed by atoms with Crippen molar-refractivity contribution < 1.29 is 14.3 Å². The Balaban J connectivity index is 2.58. The van der Waals surface area contributed by atoms with Crippen molar-refractivity contribution in [1.29, 1.82) is 0 Å². The van der Waals surface area contributed by atoms with E-state index >= 15 is 0 Å². The molecule has 0 fully saturated rings. The summed E-state index contributed by atoms with van der Waals surface area (Å²) in [6, 6.07) is 8.87. The zero-order chi connectivity index (χ0) is 14.3. The van der Waals surface area contributed by atoms with Crippen molar-refractivity contribution >= 4 is 11.9 Å². The van der Waals surface area contributed by atoms with Gasteiger partial charge in [-0.3, -0.25) is 4.79 Å². The van der Waals surface area contributed by atoms with Crippen LogP contribution in [0.4, 0.5) is 0 Å². The second-order valence-electron chi connectivity index (χ2n) is 4.94. The summed E-state index contributed by atoms with van der Waals surface area (Å²) < 4.78 is 4.71. The van der Waals surface area contributed by atoms with E-state index in [1.54, 1.807) is 0 Å². The number of methoxy groups -OCH3 is 1. The summed E-state index contributed by atoms with van der Waals surface area (Å²) in [5, 5.41) is 2.73. The second-order valence-corrected chi connectivity index (χ2v) is 4.94. The Morgan fingerprint density at radius 3 is 2.37 bits per heavy atom. The Hall–Kier alpha value is -1.84. The molecule has 0 aromatic heterocycles. The minimum absolute atomic E-state index is 0.165. The molecule has 0 saturated carbocycles. The van der Waals surface area contributed by atoms with Crippen LogP contribution in [-0.2, 0) is 20.7 Å². The standard InChI is InChI=1S/C15H21NO3/c1-11(2)9-13(15(18)19-3)16-14(17)10-12-7-5-4-6-8-12/h4-8,11,13H,9-10H2,1-3H3,(H,16,17)/t13-/m0/s1. The van der Waals surface area contributed by atoms with Gasteiger partial charge in [0, 0.05) is 0 Å². The third-order valence-electron chi connectivity index (χ3n) is 2.74. The molecule has 1 amide bonds. The molecular weight excluding hydrogens is 242 g/mol. The van der Waals surface area contributed by atoms with Crippen LogP contribution in [0, 0.1) is 5.92 Å². The van der Waals surface area contributed by atoms with Gasteiger partial charge in [-0.05, 0) is 17.9 Å². The van der Waals surface area contributed by atoms with Gasteiger partial charge in [0.15, 0.2) is 0 Å². The first-order chi connectivity index (χ1) is 9.02. The van der Waals surface area contributed by atoms with Gasteiger partial charge in [0.05, 0.1) is 13.5 Å². The normalized spacial score (nSPS) is 12.0. The van der Waals surface area contributed by atoms with Crippen LogP contribution in [0.3, 0.4) is 0 Å². The molecule has 1 aromatic carbocycles. The lowest BCUT2D eigenvalue weighted by molar-refractivity contribution is -0.145. The summed E-state index contributed by atoms with van der Waals surface area (Å²) in [5.41, 5.74) is 0.924. The molecule has 1 atom stereocenters. The van der Waals surface area contributed by atoms with Gasteiger partial charge in [-0.2, -0.15) is 0 Å². The van der Waals surface area contributed by atoms with E-state index in [0.717, 1.165) is 5.56 Å². The van der Waals surface area contributed by atoms with Crippen LogP contribution in [-0.4, -0.2) is 25.0 Å². The van der Waals surface area contributed by atoms with Gasteiger partial charge >= 0.3 is 5.97 Å². The van der Waals surface area contributed by atoms with E-state index in [1.165, 1.54) is 7.11 Å². The number of carbonyl (C=O) groups excluding carboxylic acids is 2. The number of hydrogen-bond donors (Lipinski definition) is 1. The maximum Gasteiger partial charge on any atom is 0.328 e.